The molecule has 6 heteroatoms. The van der Waals surface area contributed by atoms with Gasteiger partial charge in [0.25, 0.3) is 0 Å². The molecule has 6 nitrogen and oxygen atoms in total. The molecule has 1 atom stereocenters. The molecule has 402 valence electrons. The first-order valence-corrected chi connectivity index (χ1v) is 30.1. The Morgan fingerprint density at radius 2 is 0.565 bits per heavy atom. The van der Waals surface area contributed by atoms with E-state index in [2.05, 4.69) is 69.4 Å². The minimum atomic E-state index is -0.777. The van der Waals surface area contributed by atoms with E-state index < -0.39 is 6.10 Å². The lowest BCUT2D eigenvalue weighted by atomic mass is 10.0. The maximum atomic E-state index is 12.8. The van der Waals surface area contributed by atoms with Crippen LogP contribution in [0.25, 0.3) is 0 Å². The van der Waals surface area contributed by atoms with Crippen LogP contribution in [0.1, 0.15) is 316 Å². The van der Waals surface area contributed by atoms with Crippen LogP contribution in [0.4, 0.5) is 0 Å². The van der Waals surface area contributed by atoms with Gasteiger partial charge in [-0.25, -0.2) is 0 Å². The Morgan fingerprint density at radius 1 is 0.304 bits per heavy atom. The zero-order valence-corrected chi connectivity index (χ0v) is 46.1. The third-order valence-corrected chi connectivity index (χ3v) is 13.3. The summed E-state index contributed by atoms with van der Waals surface area (Å²) in [6, 6.07) is 0. The Bertz CT molecular complexity index is 1200. The lowest BCUT2D eigenvalue weighted by Gasteiger charge is -2.18. The van der Waals surface area contributed by atoms with Gasteiger partial charge >= 0.3 is 17.9 Å². The standard InChI is InChI=1S/C63H114O6/c1-4-7-10-13-16-18-20-22-24-25-26-27-28-29-30-31-32-33-34-35-36-37-39-40-42-44-47-50-53-56-62(65)68-59-60(58-67-61(64)55-52-49-46-15-12-9-6-3)69-63(66)57-54-51-48-45-43-41-38-23-21-19-17-14-11-8-5-2/h8,11,17,19,23,25-26,38,60H,4-7,9-10,12-16,18,20-22,24,27-37,39-59H2,1-3H3/b11-8-,19-17-,26-25-,38-23-. The minimum absolute atomic E-state index is 0.0772. The molecule has 0 N–H and O–H groups in total. The van der Waals surface area contributed by atoms with Gasteiger partial charge in [-0.05, 0) is 77.0 Å². The summed E-state index contributed by atoms with van der Waals surface area (Å²) in [6.07, 6.45) is 71.5. The molecule has 1 unspecified atom stereocenters. The number of allylic oxidation sites excluding steroid dienone is 8. The van der Waals surface area contributed by atoms with Crippen LogP contribution in [0.3, 0.4) is 0 Å². The van der Waals surface area contributed by atoms with Gasteiger partial charge in [0, 0.05) is 19.3 Å². The van der Waals surface area contributed by atoms with Crippen LogP contribution in [0.15, 0.2) is 48.6 Å². The highest BCUT2D eigenvalue weighted by atomic mass is 16.6. The van der Waals surface area contributed by atoms with E-state index in [9.17, 15) is 14.4 Å². The van der Waals surface area contributed by atoms with Gasteiger partial charge in [-0.3, -0.25) is 14.4 Å². The highest BCUT2D eigenvalue weighted by Gasteiger charge is 2.19. The zero-order chi connectivity index (χ0) is 50.0. The molecule has 0 radical (unpaired) electrons. The van der Waals surface area contributed by atoms with Crippen molar-refractivity contribution >= 4 is 17.9 Å². The van der Waals surface area contributed by atoms with E-state index in [1.165, 1.54) is 180 Å². The van der Waals surface area contributed by atoms with Crippen LogP contribution < -0.4 is 0 Å². The monoisotopic (exact) mass is 967 g/mol. The van der Waals surface area contributed by atoms with Gasteiger partial charge in [0.1, 0.15) is 13.2 Å². The predicted molar refractivity (Wildman–Crippen MR) is 298 cm³/mol. The summed E-state index contributed by atoms with van der Waals surface area (Å²) in [5.41, 5.74) is 0. The Morgan fingerprint density at radius 3 is 0.899 bits per heavy atom. The maximum Gasteiger partial charge on any atom is 0.306 e. The van der Waals surface area contributed by atoms with Gasteiger partial charge in [-0.15, -0.1) is 0 Å². The molecule has 0 aliphatic carbocycles. The Balaban J connectivity index is 4.04. The third kappa shape index (κ3) is 56.2. The summed E-state index contributed by atoms with van der Waals surface area (Å²) in [5, 5.41) is 0. The number of rotatable bonds is 55. The Kier molecular flexibility index (Phi) is 55.7. The molecular formula is C63H114O6. The molecular weight excluding hydrogens is 853 g/mol. The molecule has 0 amide bonds. The molecule has 0 aromatic carbocycles. The van der Waals surface area contributed by atoms with E-state index in [-0.39, 0.29) is 31.1 Å². The summed E-state index contributed by atoms with van der Waals surface area (Å²) in [4.78, 5) is 37.9. The highest BCUT2D eigenvalue weighted by Crippen LogP contribution is 2.17. The van der Waals surface area contributed by atoms with Gasteiger partial charge in [-0.1, -0.05) is 268 Å². The SMILES string of the molecule is CC/C=C\C/C=C\C/C=C\CCCCCCCC(=O)OC(COC(=O)CCCCCCCCC)COC(=O)CCCCCCCCCCCCCCCCCCC/C=C\CCCCCCCCCC. The van der Waals surface area contributed by atoms with E-state index in [0.29, 0.717) is 19.3 Å². The predicted octanol–water partition coefficient (Wildman–Crippen LogP) is 20.2. The Hall–Kier alpha value is -2.63. The second-order valence-electron chi connectivity index (χ2n) is 20.2. The largest absolute Gasteiger partial charge is 0.462 e. The van der Waals surface area contributed by atoms with Crippen molar-refractivity contribution in [1.29, 1.82) is 0 Å². The molecule has 0 aliphatic rings. The fraction of sp³-hybridized carbons (Fsp3) is 0.825. The molecule has 0 aromatic rings. The Labute approximate surface area is 428 Å². The van der Waals surface area contributed by atoms with Crippen LogP contribution in [-0.2, 0) is 28.6 Å². The zero-order valence-electron chi connectivity index (χ0n) is 46.1. The second-order valence-corrected chi connectivity index (χ2v) is 20.2. The van der Waals surface area contributed by atoms with Crippen molar-refractivity contribution in [2.24, 2.45) is 0 Å². The molecule has 0 saturated heterocycles. The number of unbranched alkanes of at least 4 members (excludes halogenated alkanes) is 36. The molecule has 0 saturated carbocycles. The summed E-state index contributed by atoms with van der Waals surface area (Å²) < 4.78 is 16.8. The first kappa shape index (κ1) is 66.4. The molecule has 0 fully saturated rings. The number of hydrogen-bond donors (Lipinski definition) is 0. The van der Waals surface area contributed by atoms with Gasteiger partial charge in [-0.2, -0.15) is 0 Å². The number of carbonyl (C=O) groups excluding carboxylic acids is 3. The quantitative estimate of drug-likeness (QED) is 0.0262. The lowest BCUT2D eigenvalue weighted by molar-refractivity contribution is -0.167. The molecule has 0 aromatic heterocycles. The van der Waals surface area contributed by atoms with E-state index in [1.54, 1.807) is 0 Å². The van der Waals surface area contributed by atoms with Crippen LogP contribution in [0.5, 0.6) is 0 Å². The molecule has 0 spiro atoms. The first-order valence-electron chi connectivity index (χ1n) is 30.1. The van der Waals surface area contributed by atoms with E-state index in [4.69, 9.17) is 14.2 Å². The van der Waals surface area contributed by atoms with Crippen molar-refractivity contribution < 1.29 is 28.6 Å². The van der Waals surface area contributed by atoms with Gasteiger partial charge in [0.05, 0.1) is 0 Å². The van der Waals surface area contributed by atoms with E-state index in [0.717, 1.165) is 96.3 Å². The third-order valence-electron chi connectivity index (χ3n) is 13.3. The van der Waals surface area contributed by atoms with Gasteiger partial charge in [0.15, 0.2) is 6.10 Å². The van der Waals surface area contributed by atoms with Crippen molar-refractivity contribution in [3.05, 3.63) is 48.6 Å². The smallest absolute Gasteiger partial charge is 0.306 e. The molecule has 0 rings (SSSR count). The lowest BCUT2D eigenvalue weighted by Crippen LogP contribution is -2.30. The number of carbonyl (C=O) groups is 3. The minimum Gasteiger partial charge on any atom is -0.462 e. The summed E-state index contributed by atoms with van der Waals surface area (Å²) in [7, 11) is 0. The fourth-order valence-corrected chi connectivity index (χ4v) is 8.81. The fourth-order valence-electron chi connectivity index (χ4n) is 8.81. The molecule has 0 heterocycles. The van der Waals surface area contributed by atoms with Crippen LogP contribution in [0, 0.1) is 0 Å². The normalized spacial score (nSPS) is 12.3. The van der Waals surface area contributed by atoms with Crippen molar-refractivity contribution in [3.63, 3.8) is 0 Å². The van der Waals surface area contributed by atoms with Crippen molar-refractivity contribution in [1.82, 2.24) is 0 Å². The molecule has 69 heavy (non-hydrogen) atoms. The van der Waals surface area contributed by atoms with Gasteiger partial charge < -0.3 is 14.2 Å². The van der Waals surface area contributed by atoms with Crippen LogP contribution >= 0.6 is 0 Å². The van der Waals surface area contributed by atoms with Gasteiger partial charge in [0.2, 0.25) is 0 Å². The van der Waals surface area contributed by atoms with Crippen molar-refractivity contribution in [2.75, 3.05) is 13.2 Å². The topological polar surface area (TPSA) is 78.9 Å². The summed E-state index contributed by atoms with van der Waals surface area (Å²) >= 11 is 0. The van der Waals surface area contributed by atoms with Crippen molar-refractivity contribution in [3.8, 4) is 0 Å². The maximum absolute atomic E-state index is 12.8. The average Bonchev–Trinajstić information content (AvgIpc) is 3.35. The van der Waals surface area contributed by atoms with E-state index >= 15 is 0 Å². The second kappa shape index (κ2) is 57.9. The number of esters is 3. The van der Waals surface area contributed by atoms with Crippen molar-refractivity contribution in [2.45, 2.75) is 322 Å². The highest BCUT2D eigenvalue weighted by molar-refractivity contribution is 5.71. The number of hydrogen-bond acceptors (Lipinski definition) is 6. The van der Waals surface area contributed by atoms with Crippen LogP contribution in [0.2, 0.25) is 0 Å². The average molecular weight is 968 g/mol. The summed E-state index contributed by atoms with van der Waals surface area (Å²) in [6.45, 7) is 6.50. The summed E-state index contributed by atoms with van der Waals surface area (Å²) in [5.74, 6) is -0.888. The first-order chi connectivity index (χ1) is 34.0. The molecule has 0 bridgehead atoms. The van der Waals surface area contributed by atoms with E-state index in [1.807, 2.05) is 0 Å². The molecule has 0 aliphatic heterocycles. The van der Waals surface area contributed by atoms with Crippen LogP contribution in [-0.4, -0.2) is 37.2 Å². The number of ether oxygens (including phenoxy) is 3.